The topological polar surface area (TPSA) is 91.1 Å². The zero-order valence-corrected chi connectivity index (χ0v) is 12.2. The third kappa shape index (κ3) is 4.07. The largest absolute Gasteiger partial charge is 0.495 e. The Bertz CT molecular complexity index is 487. The van der Waals surface area contributed by atoms with Crippen molar-refractivity contribution in [2.75, 3.05) is 52.2 Å². The molecule has 4 N–H and O–H groups in total. The van der Waals surface area contributed by atoms with Gasteiger partial charge < -0.3 is 15.6 Å². The summed E-state index contributed by atoms with van der Waals surface area (Å²) in [4.78, 5) is 14.4. The van der Waals surface area contributed by atoms with Gasteiger partial charge in [-0.05, 0) is 18.2 Å². The lowest BCUT2D eigenvalue weighted by atomic mass is 10.2. The van der Waals surface area contributed by atoms with Gasteiger partial charge in [0, 0.05) is 38.3 Å². The van der Waals surface area contributed by atoms with Crippen LogP contribution in [0, 0.1) is 0 Å². The van der Waals surface area contributed by atoms with Gasteiger partial charge in [0.15, 0.2) is 0 Å². The Morgan fingerprint density at radius 2 is 2.10 bits per heavy atom. The molecule has 0 bridgehead atoms. The Labute approximate surface area is 124 Å². The number of hydrogen-bond acceptors (Lipinski definition) is 6. The maximum atomic E-state index is 12.2. The second-order valence-electron chi connectivity index (χ2n) is 4.95. The van der Waals surface area contributed by atoms with Crippen LogP contribution < -0.4 is 15.9 Å². The van der Waals surface area contributed by atoms with Gasteiger partial charge in [0.1, 0.15) is 5.75 Å². The Kier molecular flexibility index (Phi) is 5.38. The van der Waals surface area contributed by atoms with Crippen molar-refractivity contribution in [1.29, 1.82) is 0 Å². The molecule has 0 aliphatic carbocycles. The van der Waals surface area contributed by atoms with E-state index in [-0.39, 0.29) is 12.5 Å². The fraction of sp³-hybridized carbons (Fsp3) is 0.500. The third-order valence-corrected chi connectivity index (χ3v) is 3.54. The standard InChI is InChI=1S/C14H22N4O3/c1-21-13-10-11(2-3-12(13)15)14(20)16-18-6-4-17(5-7-18)8-9-19/h2-3,10,19H,4-9,15H2,1H3,(H,16,20). The molecule has 0 unspecified atom stereocenters. The van der Waals surface area contributed by atoms with E-state index in [0.29, 0.717) is 23.5 Å². The number of hydrazine groups is 1. The number of piperazine rings is 1. The van der Waals surface area contributed by atoms with Gasteiger partial charge >= 0.3 is 0 Å². The van der Waals surface area contributed by atoms with Gasteiger partial charge in [-0.25, -0.2) is 5.01 Å². The number of nitrogens with two attached hydrogens (primary N) is 1. The molecular formula is C14H22N4O3. The number of nitrogens with one attached hydrogen (secondary N) is 1. The third-order valence-electron chi connectivity index (χ3n) is 3.54. The Morgan fingerprint density at radius 3 is 2.71 bits per heavy atom. The number of aliphatic hydroxyl groups is 1. The highest BCUT2D eigenvalue weighted by atomic mass is 16.5. The van der Waals surface area contributed by atoms with Crippen LogP contribution in [0.4, 0.5) is 5.69 Å². The van der Waals surface area contributed by atoms with E-state index in [1.807, 2.05) is 5.01 Å². The predicted molar refractivity (Wildman–Crippen MR) is 80.0 cm³/mol. The van der Waals surface area contributed by atoms with Crippen molar-refractivity contribution in [3.8, 4) is 5.75 Å². The number of anilines is 1. The van der Waals surface area contributed by atoms with Crippen molar-refractivity contribution in [2.24, 2.45) is 0 Å². The van der Waals surface area contributed by atoms with Crippen LogP contribution in [0.25, 0.3) is 0 Å². The fourth-order valence-electron chi connectivity index (χ4n) is 2.29. The highest BCUT2D eigenvalue weighted by Crippen LogP contribution is 2.22. The molecule has 1 saturated heterocycles. The number of carbonyl (C=O) groups excluding carboxylic acids is 1. The molecule has 0 atom stereocenters. The Morgan fingerprint density at radius 1 is 1.38 bits per heavy atom. The summed E-state index contributed by atoms with van der Waals surface area (Å²) in [5.41, 5.74) is 9.63. The molecule has 1 aromatic rings. The van der Waals surface area contributed by atoms with Crippen LogP contribution in [0.2, 0.25) is 0 Å². The predicted octanol–water partition coefficient (Wildman–Crippen LogP) is -0.468. The molecule has 1 aliphatic heterocycles. The molecule has 0 aromatic heterocycles. The molecule has 1 heterocycles. The van der Waals surface area contributed by atoms with Crippen LogP contribution in [0.5, 0.6) is 5.75 Å². The summed E-state index contributed by atoms with van der Waals surface area (Å²) < 4.78 is 5.12. The molecule has 1 aromatic carbocycles. The van der Waals surface area contributed by atoms with Crippen LogP contribution in [-0.2, 0) is 0 Å². The minimum absolute atomic E-state index is 0.164. The SMILES string of the molecule is COc1cc(C(=O)NN2CCN(CCO)CC2)ccc1N. The molecule has 1 fully saturated rings. The van der Waals surface area contributed by atoms with Crippen LogP contribution in [0.3, 0.4) is 0 Å². The lowest BCUT2D eigenvalue weighted by molar-refractivity contribution is 0.0580. The highest BCUT2D eigenvalue weighted by Gasteiger charge is 2.18. The van der Waals surface area contributed by atoms with Gasteiger partial charge in [-0.1, -0.05) is 0 Å². The van der Waals surface area contributed by atoms with E-state index in [1.165, 1.54) is 7.11 Å². The molecule has 1 amide bonds. The van der Waals surface area contributed by atoms with Gasteiger partial charge in [-0.2, -0.15) is 0 Å². The number of β-amino-alcohol motifs (C(OH)–C–C–N with tert-alkyl or cyclic N) is 1. The molecule has 2 rings (SSSR count). The first kappa shape index (κ1) is 15.6. The molecule has 21 heavy (non-hydrogen) atoms. The lowest BCUT2D eigenvalue weighted by Gasteiger charge is -2.34. The second-order valence-corrected chi connectivity index (χ2v) is 4.95. The van der Waals surface area contributed by atoms with Crippen LogP contribution in [-0.4, -0.2) is 67.4 Å². The van der Waals surface area contributed by atoms with Gasteiger partial charge in [-0.3, -0.25) is 15.1 Å². The summed E-state index contributed by atoms with van der Waals surface area (Å²) in [6, 6.07) is 4.97. The van der Waals surface area contributed by atoms with E-state index >= 15 is 0 Å². The van der Waals surface area contributed by atoms with Gasteiger partial charge in [0.05, 0.1) is 19.4 Å². The molecule has 116 valence electrons. The first-order valence-corrected chi connectivity index (χ1v) is 6.96. The number of hydrogen-bond donors (Lipinski definition) is 3. The highest BCUT2D eigenvalue weighted by molar-refractivity contribution is 5.94. The number of methoxy groups -OCH3 is 1. The van der Waals surface area contributed by atoms with Crippen molar-refractivity contribution in [3.63, 3.8) is 0 Å². The van der Waals surface area contributed by atoms with Crippen molar-refractivity contribution in [1.82, 2.24) is 15.3 Å². The van der Waals surface area contributed by atoms with Gasteiger partial charge in [0.2, 0.25) is 0 Å². The number of nitrogens with zero attached hydrogens (tertiary/aromatic N) is 2. The van der Waals surface area contributed by atoms with Gasteiger partial charge in [0.25, 0.3) is 5.91 Å². The summed E-state index contributed by atoms with van der Waals surface area (Å²) in [7, 11) is 1.52. The number of rotatable bonds is 5. The van der Waals surface area contributed by atoms with Crippen molar-refractivity contribution >= 4 is 11.6 Å². The Hall–Kier alpha value is -1.83. The summed E-state index contributed by atoms with van der Waals surface area (Å²) in [6.45, 7) is 3.96. The maximum Gasteiger partial charge on any atom is 0.265 e. The maximum absolute atomic E-state index is 12.2. The van der Waals surface area contributed by atoms with Crippen molar-refractivity contribution in [2.45, 2.75) is 0 Å². The number of ether oxygens (including phenoxy) is 1. The molecular weight excluding hydrogens is 272 g/mol. The number of carbonyl (C=O) groups is 1. The second kappa shape index (κ2) is 7.26. The zero-order valence-electron chi connectivity index (χ0n) is 12.2. The first-order chi connectivity index (χ1) is 10.1. The van der Waals surface area contributed by atoms with E-state index in [1.54, 1.807) is 18.2 Å². The number of aliphatic hydroxyl groups excluding tert-OH is 1. The average Bonchev–Trinajstić information content (AvgIpc) is 2.50. The van der Waals surface area contributed by atoms with E-state index in [4.69, 9.17) is 15.6 Å². The minimum Gasteiger partial charge on any atom is -0.495 e. The van der Waals surface area contributed by atoms with E-state index in [0.717, 1.165) is 26.2 Å². The molecule has 1 aliphatic rings. The van der Waals surface area contributed by atoms with Crippen LogP contribution >= 0.6 is 0 Å². The average molecular weight is 294 g/mol. The monoisotopic (exact) mass is 294 g/mol. The van der Waals surface area contributed by atoms with Crippen LogP contribution in [0.15, 0.2) is 18.2 Å². The summed E-state index contributed by atoms with van der Waals surface area (Å²) in [5, 5.41) is 10.8. The molecule has 0 spiro atoms. The smallest absolute Gasteiger partial charge is 0.265 e. The molecule has 0 saturated carbocycles. The first-order valence-electron chi connectivity index (χ1n) is 6.96. The van der Waals surface area contributed by atoms with Gasteiger partial charge in [-0.15, -0.1) is 0 Å². The lowest BCUT2D eigenvalue weighted by Crippen LogP contribution is -2.53. The number of amides is 1. The van der Waals surface area contributed by atoms with Crippen molar-refractivity contribution < 1.29 is 14.6 Å². The summed E-state index contributed by atoms with van der Waals surface area (Å²) >= 11 is 0. The summed E-state index contributed by atoms with van der Waals surface area (Å²) in [5.74, 6) is 0.319. The van der Waals surface area contributed by atoms with E-state index in [9.17, 15) is 4.79 Å². The zero-order chi connectivity index (χ0) is 15.2. The number of nitrogen functional groups attached to an aromatic ring is 1. The van der Waals surface area contributed by atoms with Crippen molar-refractivity contribution in [3.05, 3.63) is 23.8 Å². The van der Waals surface area contributed by atoms with E-state index < -0.39 is 0 Å². The normalized spacial score (nSPS) is 16.7. The fourth-order valence-corrected chi connectivity index (χ4v) is 2.29. The minimum atomic E-state index is -0.177. The number of benzene rings is 1. The van der Waals surface area contributed by atoms with Crippen LogP contribution in [0.1, 0.15) is 10.4 Å². The Balaban J connectivity index is 1.90. The van der Waals surface area contributed by atoms with E-state index in [2.05, 4.69) is 10.3 Å². The quantitative estimate of drug-likeness (QED) is 0.636. The summed E-state index contributed by atoms with van der Waals surface area (Å²) in [6.07, 6.45) is 0. The molecule has 0 radical (unpaired) electrons. The molecule has 7 heteroatoms. The molecule has 7 nitrogen and oxygen atoms in total.